The van der Waals surface area contributed by atoms with Crippen molar-refractivity contribution in [2.24, 2.45) is 0 Å². The van der Waals surface area contributed by atoms with E-state index in [9.17, 15) is 0 Å². The number of hydrogen-bond donors (Lipinski definition) is 2. The van der Waals surface area contributed by atoms with E-state index in [0.717, 1.165) is 32.7 Å². The van der Waals surface area contributed by atoms with Gasteiger partial charge in [0.2, 0.25) is 0 Å². The fraction of sp³-hybridized carbons (Fsp3) is 1.00. The summed E-state index contributed by atoms with van der Waals surface area (Å²) in [5.74, 6) is 0. The first-order chi connectivity index (χ1) is 6.93. The van der Waals surface area contributed by atoms with E-state index in [1.165, 1.54) is 12.8 Å². The lowest BCUT2D eigenvalue weighted by atomic mass is 10.2. The fourth-order valence-corrected chi connectivity index (χ4v) is 1.23. The predicted molar refractivity (Wildman–Crippen MR) is 52.6 cm³/mol. The van der Waals surface area contributed by atoms with Crippen LogP contribution < -0.4 is 11.0 Å². The van der Waals surface area contributed by atoms with E-state index in [1.54, 1.807) is 7.11 Å². The van der Waals surface area contributed by atoms with Gasteiger partial charge in [-0.25, -0.2) is 5.48 Å². The number of methoxy groups -OCH3 is 1. The molecular weight excluding hydrogens is 184 g/mol. The molecule has 0 aromatic rings. The van der Waals surface area contributed by atoms with Crippen molar-refractivity contribution in [3.8, 4) is 0 Å². The Morgan fingerprint density at radius 3 is 2.29 bits per heavy atom. The van der Waals surface area contributed by atoms with E-state index in [2.05, 4.69) is 11.0 Å². The highest BCUT2D eigenvalue weighted by atomic mass is 16.7. The topological polar surface area (TPSA) is 51.8 Å². The maximum atomic E-state index is 5.05. The summed E-state index contributed by atoms with van der Waals surface area (Å²) in [5, 5.41) is 0. The van der Waals surface area contributed by atoms with Crippen LogP contribution in [0.15, 0.2) is 0 Å². The predicted octanol–water partition coefficient (Wildman–Crippen LogP) is 0.228. The third-order valence-corrected chi connectivity index (χ3v) is 2.17. The maximum Gasteiger partial charge on any atom is 0.0741 e. The largest absolute Gasteiger partial charge is 0.380 e. The third-order valence-electron chi connectivity index (χ3n) is 2.17. The van der Waals surface area contributed by atoms with Crippen LogP contribution in [-0.2, 0) is 14.4 Å². The highest BCUT2D eigenvalue weighted by Crippen LogP contribution is 1.99. The zero-order chi connectivity index (χ0) is 10.1. The van der Waals surface area contributed by atoms with Crippen LogP contribution in [0, 0.1) is 0 Å². The Morgan fingerprint density at radius 2 is 2.00 bits per heavy atom. The molecule has 2 aliphatic rings. The minimum atomic E-state index is 0.351. The molecule has 14 heavy (non-hydrogen) atoms. The second kappa shape index (κ2) is 8.14. The molecule has 0 bridgehead atoms. The van der Waals surface area contributed by atoms with Gasteiger partial charge in [0.05, 0.1) is 19.3 Å². The first kappa shape index (κ1) is 11.9. The van der Waals surface area contributed by atoms with E-state index >= 15 is 0 Å². The van der Waals surface area contributed by atoms with Gasteiger partial charge in [-0.2, -0.15) is 5.48 Å². The van der Waals surface area contributed by atoms with Crippen LogP contribution in [0.3, 0.4) is 0 Å². The molecule has 0 spiro atoms. The zero-order valence-electron chi connectivity index (χ0n) is 8.75. The first-order valence-corrected chi connectivity index (χ1v) is 5.15. The Hall–Kier alpha value is -0.200. The molecule has 2 heterocycles. The number of ether oxygens (including phenoxy) is 1. The Bertz CT molecular complexity index is 114. The SMILES string of the molecule is C1CCONC1.COC1CCONC1. The molecule has 0 aromatic carbocycles. The van der Waals surface area contributed by atoms with Crippen molar-refractivity contribution in [2.75, 3.05) is 33.4 Å². The summed E-state index contributed by atoms with van der Waals surface area (Å²) >= 11 is 0. The van der Waals surface area contributed by atoms with E-state index in [0.29, 0.717) is 6.10 Å². The monoisotopic (exact) mass is 204 g/mol. The molecular formula is C9H20N2O3. The van der Waals surface area contributed by atoms with Crippen LogP contribution in [0.4, 0.5) is 0 Å². The average Bonchev–Trinajstić information content (AvgIpc) is 2.33. The minimum absolute atomic E-state index is 0.351. The minimum Gasteiger partial charge on any atom is -0.380 e. The Labute approximate surface area is 85.0 Å². The molecule has 2 N–H and O–H groups in total. The number of rotatable bonds is 1. The molecule has 1 atom stereocenters. The van der Waals surface area contributed by atoms with Gasteiger partial charge in [-0.05, 0) is 12.8 Å². The molecule has 5 nitrogen and oxygen atoms in total. The van der Waals surface area contributed by atoms with Gasteiger partial charge in [0, 0.05) is 26.6 Å². The maximum absolute atomic E-state index is 5.05. The van der Waals surface area contributed by atoms with Crippen molar-refractivity contribution in [3.63, 3.8) is 0 Å². The second-order valence-corrected chi connectivity index (χ2v) is 3.29. The first-order valence-electron chi connectivity index (χ1n) is 5.15. The quantitative estimate of drug-likeness (QED) is 0.640. The molecule has 1 unspecified atom stereocenters. The van der Waals surface area contributed by atoms with Crippen molar-refractivity contribution >= 4 is 0 Å². The smallest absolute Gasteiger partial charge is 0.0741 e. The van der Waals surface area contributed by atoms with Crippen LogP contribution in [0.5, 0.6) is 0 Å². The van der Waals surface area contributed by atoms with Crippen LogP contribution >= 0.6 is 0 Å². The summed E-state index contributed by atoms with van der Waals surface area (Å²) < 4.78 is 5.05. The Kier molecular flexibility index (Phi) is 6.90. The molecule has 2 aliphatic heterocycles. The molecule has 0 saturated carbocycles. The van der Waals surface area contributed by atoms with Crippen molar-refractivity contribution in [2.45, 2.75) is 25.4 Å². The van der Waals surface area contributed by atoms with Crippen LogP contribution in [0.1, 0.15) is 19.3 Å². The van der Waals surface area contributed by atoms with Gasteiger partial charge >= 0.3 is 0 Å². The lowest BCUT2D eigenvalue weighted by Crippen LogP contribution is -2.35. The molecule has 84 valence electrons. The van der Waals surface area contributed by atoms with Crippen molar-refractivity contribution < 1.29 is 14.4 Å². The van der Waals surface area contributed by atoms with E-state index in [1.807, 2.05) is 0 Å². The molecule has 0 amide bonds. The van der Waals surface area contributed by atoms with E-state index in [-0.39, 0.29) is 0 Å². The van der Waals surface area contributed by atoms with Crippen molar-refractivity contribution in [1.82, 2.24) is 11.0 Å². The van der Waals surface area contributed by atoms with Crippen molar-refractivity contribution in [1.29, 1.82) is 0 Å². The van der Waals surface area contributed by atoms with Gasteiger partial charge in [-0.3, -0.25) is 0 Å². The zero-order valence-corrected chi connectivity index (χ0v) is 8.75. The standard InChI is InChI=1S/C5H11NO2.C4H9NO/c1-7-5-2-3-8-6-4-5;1-2-4-6-5-3-1/h5-6H,2-4H2,1H3;5H,1-4H2. The normalized spacial score (nSPS) is 27.6. The summed E-state index contributed by atoms with van der Waals surface area (Å²) in [5.41, 5.74) is 5.55. The van der Waals surface area contributed by atoms with Gasteiger partial charge in [-0.15, -0.1) is 0 Å². The van der Waals surface area contributed by atoms with Gasteiger partial charge in [0.15, 0.2) is 0 Å². The summed E-state index contributed by atoms with van der Waals surface area (Å²) in [7, 11) is 1.72. The molecule has 5 heteroatoms. The number of hydroxylamine groups is 2. The molecule has 0 aliphatic carbocycles. The highest BCUT2D eigenvalue weighted by Gasteiger charge is 2.10. The molecule has 0 radical (unpaired) electrons. The third kappa shape index (κ3) is 5.51. The average molecular weight is 204 g/mol. The fourth-order valence-electron chi connectivity index (χ4n) is 1.23. The Morgan fingerprint density at radius 1 is 1.14 bits per heavy atom. The lowest BCUT2D eigenvalue weighted by molar-refractivity contribution is -0.0554. The summed E-state index contributed by atoms with van der Waals surface area (Å²) in [6, 6.07) is 0. The molecule has 2 fully saturated rings. The van der Waals surface area contributed by atoms with Crippen molar-refractivity contribution in [3.05, 3.63) is 0 Å². The van der Waals surface area contributed by atoms with Crippen LogP contribution in [0.25, 0.3) is 0 Å². The summed E-state index contributed by atoms with van der Waals surface area (Å²) in [6.45, 7) is 3.50. The van der Waals surface area contributed by atoms with E-state index < -0.39 is 0 Å². The Balaban J connectivity index is 0.000000146. The van der Waals surface area contributed by atoms with Crippen LogP contribution in [0.2, 0.25) is 0 Å². The van der Waals surface area contributed by atoms with Gasteiger partial charge in [0.25, 0.3) is 0 Å². The summed E-state index contributed by atoms with van der Waals surface area (Å²) in [6.07, 6.45) is 3.83. The second-order valence-electron chi connectivity index (χ2n) is 3.29. The van der Waals surface area contributed by atoms with E-state index in [4.69, 9.17) is 14.4 Å². The number of nitrogens with one attached hydrogen (secondary N) is 2. The van der Waals surface area contributed by atoms with Gasteiger partial charge in [0.1, 0.15) is 0 Å². The summed E-state index contributed by atoms with van der Waals surface area (Å²) in [4.78, 5) is 9.69. The highest BCUT2D eigenvalue weighted by molar-refractivity contribution is 4.60. The molecule has 2 saturated heterocycles. The van der Waals surface area contributed by atoms with Gasteiger partial charge in [-0.1, -0.05) is 0 Å². The number of hydrogen-bond acceptors (Lipinski definition) is 5. The van der Waals surface area contributed by atoms with Gasteiger partial charge < -0.3 is 14.4 Å². The molecule has 0 aromatic heterocycles. The van der Waals surface area contributed by atoms with Crippen LogP contribution in [-0.4, -0.2) is 39.5 Å². The molecule has 2 rings (SSSR count). The lowest BCUT2D eigenvalue weighted by Gasteiger charge is -2.20.